The molecule has 1 aromatic heterocycles. The first kappa shape index (κ1) is 14.8. The van der Waals surface area contributed by atoms with Gasteiger partial charge in [0, 0.05) is 12.1 Å². The van der Waals surface area contributed by atoms with Crippen molar-refractivity contribution in [1.82, 2.24) is 9.55 Å². The third-order valence-corrected chi connectivity index (χ3v) is 4.23. The zero-order valence-corrected chi connectivity index (χ0v) is 12.5. The van der Waals surface area contributed by atoms with Gasteiger partial charge in [0.1, 0.15) is 5.82 Å². The fraction of sp³-hybridized carbons (Fsp3) is 0.429. The van der Waals surface area contributed by atoms with Crippen LogP contribution in [-0.2, 0) is 4.79 Å². The largest absolute Gasteiger partial charge is 0.481 e. The van der Waals surface area contributed by atoms with Crippen molar-refractivity contribution in [2.45, 2.75) is 38.4 Å². The normalized spacial score (nSPS) is 12.8. The summed E-state index contributed by atoms with van der Waals surface area (Å²) in [5, 5.41) is 9.43. The Hall–Kier alpha value is -1.56. The van der Waals surface area contributed by atoms with E-state index in [2.05, 4.69) is 11.9 Å². The molecule has 0 fully saturated rings. The minimum Gasteiger partial charge on any atom is -0.481 e. The first-order chi connectivity index (χ1) is 9.43. The van der Waals surface area contributed by atoms with E-state index in [9.17, 15) is 9.18 Å². The fourth-order valence-electron chi connectivity index (χ4n) is 2.03. The number of imidazole rings is 1. The highest BCUT2D eigenvalue weighted by atomic mass is 32.2. The number of aromatic nitrogens is 2. The molecule has 2 aromatic rings. The van der Waals surface area contributed by atoms with Crippen molar-refractivity contribution in [2.75, 3.05) is 5.75 Å². The van der Waals surface area contributed by atoms with Gasteiger partial charge in [-0.3, -0.25) is 4.79 Å². The molecule has 0 amide bonds. The third-order valence-electron chi connectivity index (χ3n) is 3.29. The molecule has 1 unspecified atom stereocenters. The molecule has 108 valence electrons. The quantitative estimate of drug-likeness (QED) is 0.856. The maximum Gasteiger partial charge on any atom is 0.313 e. The number of hydrogen-bond donors (Lipinski definition) is 1. The molecule has 0 aliphatic rings. The number of nitrogens with zero attached hydrogens (tertiary/aromatic N) is 2. The van der Waals surface area contributed by atoms with Gasteiger partial charge in [0.25, 0.3) is 0 Å². The molecule has 1 aromatic carbocycles. The Morgan fingerprint density at radius 2 is 2.25 bits per heavy atom. The van der Waals surface area contributed by atoms with Crippen LogP contribution < -0.4 is 0 Å². The summed E-state index contributed by atoms with van der Waals surface area (Å²) in [6.07, 6.45) is 0.891. The van der Waals surface area contributed by atoms with E-state index in [1.54, 1.807) is 13.0 Å². The number of carbonyl (C=O) groups is 1. The summed E-state index contributed by atoms with van der Waals surface area (Å²) < 4.78 is 15.6. The van der Waals surface area contributed by atoms with Gasteiger partial charge in [-0.25, -0.2) is 9.37 Å². The molecule has 1 atom stereocenters. The zero-order valence-electron chi connectivity index (χ0n) is 11.7. The summed E-state index contributed by atoms with van der Waals surface area (Å²) >= 11 is 1.17. The van der Waals surface area contributed by atoms with Gasteiger partial charge in [-0.05, 0) is 31.9 Å². The highest BCUT2D eigenvalue weighted by Gasteiger charge is 2.17. The first-order valence-corrected chi connectivity index (χ1v) is 7.45. The van der Waals surface area contributed by atoms with E-state index >= 15 is 0 Å². The number of aliphatic carboxylic acids is 1. The minimum absolute atomic E-state index is 0.0543. The number of thioether (sulfide) groups is 1. The Morgan fingerprint density at radius 1 is 1.55 bits per heavy atom. The lowest BCUT2D eigenvalue weighted by Crippen LogP contribution is -2.07. The van der Waals surface area contributed by atoms with Crippen molar-refractivity contribution in [1.29, 1.82) is 0 Å². The van der Waals surface area contributed by atoms with Gasteiger partial charge < -0.3 is 9.67 Å². The molecule has 1 N–H and O–H groups in total. The molecule has 1 heterocycles. The predicted octanol–water partition coefficient (Wildman–Crippen LogP) is 3.63. The van der Waals surface area contributed by atoms with Crippen molar-refractivity contribution in [3.63, 3.8) is 0 Å². The summed E-state index contributed by atoms with van der Waals surface area (Å²) in [5.74, 6) is -1.23. The van der Waals surface area contributed by atoms with Crippen LogP contribution in [0.25, 0.3) is 11.0 Å². The summed E-state index contributed by atoms with van der Waals surface area (Å²) in [5.41, 5.74) is 1.99. The van der Waals surface area contributed by atoms with Crippen LogP contribution in [0.15, 0.2) is 17.3 Å². The predicted molar refractivity (Wildman–Crippen MR) is 77.8 cm³/mol. The van der Waals surface area contributed by atoms with Crippen molar-refractivity contribution < 1.29 is 14.3 Å². The number of fused-ring (bicyclic) bond motifs is 1. The van der Waals surface area contributed by atoms with Crippen LogP contribution in [-0.4, -0.2) is 26.4 Å². The zero-order chi connectivity index (χ0) is 14.9. The number of carboxylic acids is 1. The molecule has 0 aliphatic carbocycles. The Kier molecular flexibility index (Phi) is 4.32. The van der Waals surface area contributed by atoms with E-state index in [-0.39, 0.29) is 17.6 Å². The van der Waals surface area contributed by atoms with Crippen LogP contribution in [0, 0.1) is 12.7 Å². The smallest absolute Gasteiger partial charge is 0.313 e. The van der Waals surface area contributed by atoms with E-state index in [0.29, 0.717) is 16.2 Å². The molecule has 0 bridgehead atoms. The average Bonchev–Trinajstić information content (AvgIpc) is 2.73. The lowest BCUT2D eigenvalue weighted by Gasteiger charge is -2.15. The second kappa shape index (κ2) is 5.83. The SMILES string of the molecule is CCC(C)n1c(SCC(=O)O)nc2cc(F)c(C)cc21. The van der Waals surface area contributed by atoms with E-state index in [1.165, 1.54) is 17.8 Å². The third kappa shape index (κ3) is 2.80. The van der Waals surface area contributed by atoms with Gasteiger partial charge in [-0.2, -0.15) is 0 Å². The monoisotopic (exact) mass is 296 g/mol. The van der Waals surface area contributed by atoms with Crippen LogP contribution in [0.3, 0.4) is 0 Å². The highest BCUT2D eigenvalue weighted by Crippen LogP contribution is 2.30. The number of hydrogen-bond acceptors (Lipinski definition) is 3. The number of benzene rings is 1. The van der Waals surface area contributed by atoms with Gasteiger partial charge in [0.05, 0.1) is 16.8 Å². The second-order valence-electron chi connectivity index (χ2n) is 4.79. The molecule has 0 aliphatic heterocycles. The molecule has 0 radical (unpaired) electrons. The van der Waals surface area contributed by atoms with Crippen molar-refractivity contribution in [3.05, 3.63) is 23.5 Å². The standard InChI is InChI=1S/C14H17FN2O2S/c1-4-9(3)17-12-5-8(2)10(15)6-11(12)16-14(17)20-7-13(18)19/h5-6,9H,4,7H2,1-3H3,(H,18,19). The molecule has 4 nitrogen and oxygen atoms in total. The van der Waals surface area contributed by atoms with Crippen LogP contribution in [0.2, 0.25) is 0 Å². The molecule has 6 heteroatoms. The van der Waals surface area contributed by atoms with Crippen LogP contribution in [0.5, 0.6) is 0 Å². The molecule has 0 saturated heterocycles. The maximum absolute atomic E-state index is 13.6. The lowest BCUT2D eigenvalue weighted by atomic mass is 10.2. The van der Waals surface area contributed by atoms with Crippen molar-refractivity contribution in [3.8, 4) is 0 Å². The summed E-state index contributed by atoms with van der Waals surface area (Å²) in [6, 6.07) is 3.37. The Morgan fingerprint density at radius 3 is 2.85 bits per heavy atom. The van der Waals surface area contributed by atoms with Crippen LogP contribution >= 0.6 is 11.8 Å². The fourth-order valence-corrected chi connectivity index (χ4v) is 2.87. The minimum atomic E-state index is -0.889. The lowest BCUT2D eigenvalue weighted by molar-refractivity contribution is -0.133. The topological polar surface area (TPSA) is 55.1 Å². The van der Waals surface area contributed by atoms with Gasteiger partial charge in [-0.1, -0.05) is 18.7 Å². The molecule has 2 rings (SSSR count). The van der Waals surface area contributed by atoms with Gasteiger partial charge in [-0.15, -0.1) is 0 Å². The second-order valence-corrected chi connectivity index (χ2v) is 5.74. The molecular weight excluding hydrogens is 279 g/mol. The summed E-state index contributed by atoms with van der Waals surface area (Å²) in [4.78, 5) is 15.1. The first-order valence-electron chi connectivity index (χ1n) is 6.46. The number of carboxylic acid groups (broad SMARTS) is 1. The maximum atomic E-state index is 13.6. The highest BCUT2D eigenvalue weighted by molar-refractivity contribution is 7.99. The Balaban J connectivity index is 2.57. The van der Waals surface area contributed by atoms with E-state index in [4.69, 9.17) is 5.11 Å². The van der Waals surface area contributed by atoms with E-state index in [1.807, 2.05) is 11.5 Å². The number of rotatable bonds is 5. The van der Waals surface area contributed by atoms with Crippen LogP contribution in [0.4, 0.5) is 4.39 Å². The average molecular weight is 296 g/mol. The van der Waals surface area contributed by atoms with E-state index in [0.717, 1.165) is 11.9 Å². The molecule has 0 saturated carbocycles. The molecule has 0 spiro atoms. The van der Waals surface area contributed by atoms with E-state index < -0.39 is 5.97 Å². The van der Waals surface area contributed by atoms with Gasteiger partial charge >= 0.3 is 5.97 Å². The van der Waals surface area contributed by atoms with Crippen LogP contribution in [0.1, 0.15) is 31.9 Å². The molecule has 20 heavy (non-hydrogen) atoms. The van der Waals surface area contributed by atoms with Gasteiger partial charge in [0.2, 0.25) is 0 Å². The summed E-state index contributed by atoms with van der Waals surface area (Å²) in [6.45, 7) is 5.82. The summed E-state index contributed by atoms with van der Waals surface area (Å²) in [7, 11) is 0. The van der Waals surface area contributed by atoms with Crippen molar-refractivity contribution >= 4 is 28.8 Å². The molecular formula is C14H17FN2O2S. The Bertz CT molecular complexity index is 654. The van der Waals surface area contributed by atoms with Crippen molar-refractivity contribution in [2.24, 2.45) is 0 Å². The van der Waals surface area contributed by atoms with Gasteiger partial charge in [0.15, 0.2) is 5.16 Å². The number of aryl methyl sites for hydroxylation is 1. The number of halogens is 1. The Labute approximate surface area is 121 Å².